The van der Waals surface area contributed by atoms with E-state index in [1.807, 2.05) is 0 Å². The van der Waals surface area contributed by atoms with Gasteiger partial charge in [-0.05, 0) is 20.3 Å². The van der Waals surface area contributed by atoms with Crippen molar-refractivity contribution in [3.05, 3.63) is 59.7 Å². The molecule has 0 N–H and O–H groups in total. The molecule has 0 radical (unpaired) electrons. The molecule has 0 unspecified atom stereocenters. The molecule has 2 rings (SSSR count). The molecule has 1 nitrogen and oxygen atoms in total. The molecule has 0 aliphatic heterocycles. The van der Waals surface area contributed by atoms with Crippen LogP contribution >= 0.6 is 8.15 Å². The smallest absolute Gasteiger partial charge is 0.0917 e. The molecule has 2 aromatic rings. The molecule has 0 heterocycles. The Morgan fingerprint density at radius 3 is 1.15 bits per heavy atom. The van der Waals surface area contributed by atoms with Gasteiger partial charge in [-0.25, -0.2) is 0 Å². The first-order valence-electron chi connectivity index (χ1n) is 14.3. The molecule has 2 aromatic carbocycles. The van der Waals surface area contributed by atoms with Crippen molar-refractivity contribution in [3.8, 4) is 0 Å². The van der Waals surface area contributed by atoms with Crippen LogP contribution in [0.1, 0.15) is 121 Å². The summed E-state index contributed by atoms with van der Waals surface area (Å²) in [6.07, 6.45) is 22.5. The lowest BCUT2D eigenvalue weighted by Crippen LogP contribution is -2.14. The van der Waals surface area contributed by atoms with E-state index in [0.29, 0.717) is 0 Å². The molecule has 0 spiro atoms. The Bertz CT molecular complexity index is 676. The van der Waals surface area contributed by atoms with Crippen LogP contribution in [0.4, 0.5) is 0 Å². The molecule has 2 heteroatoms. The van der Waals surface area contributed by atoms with E-state index in [-0.39, 0.29) is 0 Å². The van der Waals surface area contributed by atoms with E-state index in [1.165, 1.54) is 124 Å². The average molecular weight is 483 g/mol. The predicted octanol–water partition coefficient (Wildman–Crippen LogP) is 9.93. The van der Waals surface area contributed by atoms with E-state index in [0.717, 1.165) is 6.61 Å². The second kappa shape index (κ2) is 19.1. The van der Waals surface area contributed by atoms with Crippen molar-refractivity contribution in [2.45, 2.75) is 124 Å². The van der Waals surface area contributed by atoms with Gasteiger partial charge >= 0.3 is 0 Å². The minimum absolute atomic E-state index is 0.719. The highest BCUT2D eigenvalue weighted by molar-refractivity contribution is 7.68. The topological polar surface area (TPSA) is 9.23 Å². The summed E-state index contributed by atoms with van der Waals surface area (Å²) in [5.41, 5.74) is 2.61. The lowest BCUT2D eigenvalue weighted by molar-refractivity contribution is 0.343. The zero-order chi connectivity index (χ0) is 24.3. The highest BCUT2D eigenvalue weighted by atomic mass is 31.1. The van der Waals surface area contributed by atoms with Gasteiger partial charge in [-0.2, -0.15) is 0 Å². The zero-order valence-electron chi connectivity index (χ0n) is 22.5. The van der Waals surface area contributed by atoms with Gasteiger partial charge in [-0.1, -0.05) is 163 Å². The summed E-state index contributed by atoms with van der Waals surface area (Å²) in [7, 11) is -0.719. The quantitative estimate of drug-likeness (QED) is 0.135. The third kappa shape index (κ3) is 13.1. The van der Waals surface area contributed by atoms with E-state index in [2.05, 4.69) is 69.3 Å². The van der Waals surface area contributed by atoms with Crippen molar-refractivity contribution in [1.29, 1.82) is 0 Å². The molecule has 0 fully saturated rings. The van der Waals surface area contributed by atoms with Crippen LogP contribution in [-0.4, -0.2) is 6.61 Å². The van der Waals surface area contributed by atoms with Gasteiger partial charge in [0, 0.05) is 10.6 Å². The first-order chi connectivity index (χ1) is 16.7. The van der Waals surface area contributed by atoms with Crippen molar-refractivity contribution in [3.63, 3.8) is 0 Å². The molecule has 0 aliphatic carbocycles. The molecule has 34 heavy (non-hydrogen) atoms. The summed E-state index contributed by atoms with van der Waals surface area (Å²) in [5.74, 6) is 0. The average Bonchev–Trinajstić information content (AvgIpc) is 2.85. The van der Waals surface area contributed by atoms with Crippen molar-refractivity contribution in [2.75, 3.05) is 6.61 Å². The van der Waals surface area contributed by atoms with Crippen LogP contribution in [0.25, 0.3) is 0 Å². The summed E-state index contributed by atoms with van der Waals surface area (Å²) < 4.78 is 6.48. The van der Waals surface area contributed by atoms with E-state index in [4.69, 9.17) is 4.52 Å². The fraction of sp³-hybridized carbons (Fsp3) is 0.625. The van der Waals surface area contributed by atoms with Gasteiger partial charge in [0.15, 0.2) is 0 Å². The van der Waals surface area contributed by atoms with Crippen molar-refractivity contribution < 1.29 is 4.52 Å². The zero-order valence-corrected chi connectivity index (χ0v) is 23.4. The standard InChI is InChI=1S/C32H51OP/c1-4-5-6-7-8-9-10-11-12-13-14-15-16-17-18-19-28-33-34(31-24-20-29(2)21-25-31)32-26-22-30(3)23-27-32/h20-27H,4-19,28H2,1-3H3. The summed E-state index contributed by atoms with van der Waals surface area (Å²) >= 11 is 0. The SMILES string of the molecule is CCCCCCCCCCCCCCCCCCOP(c1ccc(C)cc1)c1ccc(C)cc1. The van der Waals surface area contributed by atoms with E-state index in [1.54, 1.807) is 0 Å². The lowest BCUT2D eigenvalue weighted by atomic mass is 10.0. The Morgan fingerprint density at radius 1 is 0.471 bits per heavy atom. The minimum Gasteiger partial charge on any atom is -0.350 e. The van der Waals surface area contributed by atoms with Crippen LogP contribution in [0, 0.1) is 13.8 Å². The number of unbranched alkanes of at least 4 members (excludes halogenated alkanes) is 15. The van der Waals surface area contributed by atoms with Gasteiger partial charge in [0.05, 0.1) is 14.8 Å². The van der Waals surface area contributed by atoms with Crippen LogP contribution in [-0.2, 0) is 4.52 Å². The second-order valence-electron chi connectivity index (χ2n) is 10.1. The van der Waals surface area contributed by atoms with Crippen molar-refractivity contribution in [2.24, 2.45) is 0 Å². The van der Waals surface area contributed by atoms with Gasteiger partial charge < -0.3 is 4.52 Å². The Morgan fingerprint density at radius 2 is 0.794 bits per heavy atom. The number of aryl methyl sites for hydroxylation is 2. The largest absolute Gasteiger partial charge is 0.350 e. The summed E-state index contributed by atoms with van der Waals surface area (Å²) in [4.78, 5) is 0. The third-order valence-electron chi connectivity index (χ3n) is 6.76. The maximum absolute atomic E-state index is 6.48. The number of rotatable bonds is 20. The van der Waals surface area contributed by atoms with E-state index < -0.39 is 8.15 Å². The van der Waals surface area contributed by atoms with Gasteiger partial charge in [0.25, 0.3) is 0 Å². The van der Waals surface area contributed by atoms with Crippen LogP contribution in [0.2, 0.25) is 0 Å². The highest BCUT2D eigenvalue weighted by Crippen LogP contribution is 2.35. The Hall–Kier alpha value is -1.17. The molecule has 0 aliphatic rings. The summed E-state index contributed by atoms with van der Waals surface area (Å²) in [6, 6.07) is 17.8. The van der Waals surface area contributed by atoms with E-state index in [9.17, 15) is 0 Å². The number of hydrogen-bond donors (Lipinski definition) is 0. The van der Waals surface area contributed by atoms with Gasteiger partial charge in [0.1, 0.15) is 0 Å². The van der Waals surface area contributed by atoms with Crippen LogP contribution < -0.4 is 10.6 Å². The highest BCUT2D eigenvalue weighted by Gasteiger charge is 2.15. The summed E-state index contributed by atoms with van der Waals surface area (Å²) in [6.45, 7) is 7.46. The maximum atomic E-state index is 6.48. The minimum atomic E-state index is -0.719. The first-order valence-corrected chi connectivity index (χ1v) is 15.5. The van der Waals surface area contributed by atoms with E-state index >= 15 is 0 Å². The molecule has 0 aromatic heterocycles. The molecule has 0 saturated heterocycles. The number of hydrogen-bond acceptors (Lipinski definition) is 1. The van der Waals surface area contributed by atoms with Crippen LogP contribution in [0.3, 0.4) is 0 Å². The van der Waals surface area contributed by atoms with Gasteiger partial charge in [0.2, 0.25) is 0 Å². The van der Waals surface area contributed by atoms with Gasteiger partial charge in [-0.3, -0.25) is 0 Å². The summed E-state index contributed by atoms with van der Waals surface area (Å²) in [5, 5.41) is 2.64. The molecule has 0 bridgehead atoms. The Labute approximate surface area is 212 Å². The maximum Gasteiger partial charge on any atom is 0.0917 e. The van der Waals surface area contributed by atoms with Crippen LogP contribution in [0.5, 0.6) is 0 Å². The monoisotopic (exact) mass is 482 g/mol. The predicted molar refractivity (Wildman–Crippen MR) is 154 cm³/mol. The fourth-order valence-corrected chi connectivity index (χ4v) is 6.21. The van der Waals surface area contributed by atoms with Crippen LogP contribution in [0.15, 0.2) is 48.5 Å². The molecule has 0 saturated carbocycles. The Kier molecular flexibility index (Phi) is 16.3. The Balaban J connectivity index is 1.50. The van der Waals surface area contributed by atoms with Crippen molar-refractivity contribution in [1.82, 2.24) is 0 Å². The molecular formula is C32H51OP. The lowest BCUT2D eigenvalue weighted by Gasteiger charge is -2.19. The molecular weight excluding hydrogens is 431 g/mol. The molecule has 0 amide bonds. The van der Waals surface area contributed by atoms with Gasteiger partial charge in [-0.15, -0.1) is 0 Å². The molecule has 0 atom stereocenters. The normalized spacial score (nSPS) is 11.4. The fourth-order valence-electron chi connectivity index (χ4n) is 4.46. The first kappa shape index (κ1) is 29.1. The third-order valence-corrected chi connectivity index (χ3v) is 8.73. The van der Waals surface area contributed by atoms with Crippen molar-refractivity contribution >= 4 is 18.8 Å². The number of benzene rings is 2. The molecule has 190 valence electrons. The second-order valence-corrected chi connectivity index (χ2v) is 12.0.